The standard InChI is InChI=1S/C16H14BrN3O3/c1-10-4-3-7-20(13(10)21)9-16(14(22)18-15(23)19-16)11-5-2-6-12(17)8-11/h2-8H,9H2,1H3,(H2,18,19,22,23). The van der Waals surface area contributed by atoms with Crippen molar-refractivity contribution in [3.8, 4) is 0 Å². The molecule has 0 aliphatic carbocycles. The van der Waals surface area contributed by atoms with Crippen LogP contribution in [0.5, 0.6) is 0 Å². The summed E-state index contributed by atoms with van der Waals surface area (Å²) in [6.45, 7) is 1.72. The van der Waals surface area contributed by atoms with Gasteiger partial charge in [0.15, 0.2) is 5.54 Å². The SMILES string of the molecule is Cc1cccn(CC2(c3cccc(Br)c3)NC(=O)NC2=O)c1=O. The zero-order valence-corrected chi connectivity index (χ0v) is 13.9. The number of pyridine rings is 1. The van der Waals surface area contributed by atoms with Gasteiger partial charge in [0.2, 0.25) is 0 Å². The Hall–Kier alpha value is -2.41. The lowest BCUT2D eigenvalue weighted by atomic mass is 9.89. The highest BCUT2D eigenvalue weighted by atomic mass is 79.9. The van der Waals surface area contributed by atoms with Gasteiger partial charge in [-0.3, -0.25) is 14.9 Å². The zero-order chi connectivity index (χ0) is 16.6. The van der Waals surface area contributed by atoms with E-state index in [1.54, 1.807) is 43.5 Å². The highest BCUT2D eigenvalue weighted by Crippen LogP contribution is 2.28. The van der Waals surface area contributed by atoms with Gasteiger partial charge < -0.3 is 9.88 Å². The summed E-state index contributed by atoms with van der Waals surface area (Å²) < 4.78 is 2.21. The molecule has 1 aliphatic rings. The second kappa shape index (κ2) is 5.66. The Kier molecular flexibility index (Phi) is 3.81. The van der Waals surface area contributed by atoms with Gasteiger partial charge in [-0.25, -0.2) is 4.79 Å². The number of aromatic nitrogens is 1. The number of benzene rings is 1. The lowest BCUT2D eigenvalue weighted by Crippen LogP contribution is -2.49. The minimum atomic E-state index is -1.32. The van der Waals surface area contributed by atoms with Gasteiger partial charge in [0.1, 0.15) is 0 Å². The van der Waals surface area contributed by atoms with E-state index in [0.717, 1.165) is 4.47 Å². The van der Waals surface area contributed by atoms with Crippen molar-refractivity contribution in [3.63, 3.8) is 0 Å². The number of urea groups is 1. The number of carbonyl (C=O) groups excluding carboxylic acids is 2. The number of amides is 3. The van der Waals surface area contributed by atoms with Gasteiger partial charge in [-0.05, 0) is 30.7 Å². The number of aryl methyl sites for hydroxylation is 1. The van der Waals surface area contributed by atoms with Crippen LogP contribution in [-0.2, 0) is 16.9 Å². The smallest absolute Gasteiger partial charge is 0.318 e. The van der Waals surface area contributed by atoms with Crippen molar-refractivity contribution in [2.75, 3.05) is 0 Å². The molecule has 3 amide bonds. The number of nitrogens with one attached hydrogen (secondary N) is 2. The van der Waals surface area contributed by atoms with Crippen LogP contribution < -0.4 is 16.2 Å². The van der Waals surface area contributed by atoms with Crippen LogP contribution in [0.3, 0.4) is 0 Å². The van der Waals surface area contributed by atoms with E-state index in [0.29, 0.717) is 11.1 Å². The van der Waals surface area contributed by atoms with Crippen LogP contribution in [0.25, 0.3) is 0 Å². The lowest BCUT2D eigenvalue weighted by molar-refractivity contribution is -0.124. The third kappa shape index (κ3) is 2.68. The van der Waals surface area contributed by atoms with Crippen LogP contribution >= 0.6 is 15.9 Å². The second-order valence-corrected chi connectivity index (χ2v) is 6.36. The summed E-state index contributed by atoms with van der Waals surface area (Å²) in [5.41, 5.74) is -0.348. The van der Waals surface area contributed by atoms with Crippen molar-refractivity contribution in [3.05, 3.63) is 68.5 Å². The number of halogens is 1. The summed E-state index contributed by atoms with van der Waals surface area (Å²) >= 11 is 3.37. The first kappa shape index (κ1) is 15.5. The predicted octanol–water partition coefficient (Wildman–Crippen LogP) is 1.65. The molecule has 0 radical (unpaired) electrons. The Morgan fingerprint density at radius 1 is 1.17 bits per heavy atom. The molecule has 1 atom stereocenters. The molecule has 1 saturated heterocycles. The summed E-state index contributed by atoms with van der Waals surface area (Å²) in [7, 11) is 0. The predicted molar refractivity (Wildman–Crippen MR) is 87.9 cm³/mol. The molecular formula is C16H14BrN3O3. The highest BCUT2D eigenvalue weighted by Gasteiger charge is 2.48. The van der Waals surface area contributed by atoms with Gasteiger partial charge in [0, 0.05) is 16.2 Å². The van der Waals surface area contributed by atoms with Gasteiger partial charge in [0.25, 0.3) is 11.5 Å². The van der Waals surface area contributed by atoms with Crippen LogP contribution in [0.2, 0.25) is 0 Å². The van der Waals surface area contributed by atoms with Crippen LogP contribution in [0.4, 0.5) is 4.79 Å². The molecule has 23 heavy (non-hydrogen) atoms. The van der Waals surface area contributed by atoms with Crippen LogP contribution in [0.1, 0.15) is 11.1 Å². The molecule has 7 heteroatoms. The Labute approximate surface area is 140 Å². The molecule has 118 valence electrons. The average molecular weight is 376 g/mol. The van der Waals surface area contributed by atoms with Crippen LogP contribution in [0, 0.1) is 6.92 Å². The highest BCUT2D eigenvalue weighted by molar-refractivity contribution is 9.10. The first-order valence-corrected chi connectivity index (χ1v) is 7.77. The normalized spacial score (nSPS) is 20.3. The van der Waals surface area contributed by atoms with Crippen LogP contribution in [0.15, 0.2) is 51.9 Å². The number of rotatable bonds is 3. The maximum absolute atomic E-state index is 12.5. The first-order chi connectivity index (χ1) is 10.9. The quantitative estimate of drug-likeness (QED) is 0.800. The van der Waals surface area contributed by atoms with E-state index in [2.05, 4.69) is 26.6 Å². The van der Waals surface area contributed by atoms with Gasteiger partial charge in [-0.1, -0.05) is 34.1 Å². The van der Waals surface area contributed by atoms with E-state index < -0.39 is 17.5 Å². The molecule has 2 heterocycles. The number of hydrogen-bond acceptors (Lipinski definition) is 3. The number of hydrogen-bond donors (Lipinski definition) is 2. The van der Waals surface area contributed by atoms with Crippen molar-refractivity contribution < 1.29 is 9.59 Å². The Morgan fingerprint density at radius 3 is 2.61 bits per heavy atom. The molecule has 6 nitrogen and oxygen atoms in total. The van der Waals surface area contributed by atoms with Crippen molar-refractivity contribution in [1.82, 2.24) is 15.2 Å². The largest absolute Gasteiger partial charge is 0.322 e. The fourth-order valence-electron chi connectivity index (χ4n) is 2.69. The second-order valence-electron chi connectivity index (χ2n) is 5.45. The topological polar surface area (TPSA) is 80.2 Å². The Morgan fingerprint density at radius 2 is 1.96 bits per heavy atom. The van der Waals surface area contributed by atoms with Gasteiger partial charge >= 0.3 is 6.03 Å². The monoisotopic (exact) mass is 375 g/mol. The zero-order valence-electron chi connectivity index (χ0n) is 12.3. The van der Waals surface area contributed by atoms with Gasteiger partial charge in [-0.15, -0.1) is 0 Å². The Bertz CT molecular complexity index is 862. The van der Waals surface area contributed by atoms with E-state index in [1.165, 1.54) is 4.57 Å². The molecule has 0 spiro atoms. The minimum absolute atomic E-state index is 0.0154. The van der Waals surface area contributed by atoms with E-state index in [-0.39, 0.29) is 12.1 Å². The van der Waals surface area contributed by atoms with E-state index >= 15 is 0 Å². The molecule has 1 aromatic heterocycles. The maximum Gasteiger partial charge on any atom is 0.322 e. The fraction of sp³-hybridized carbons (Fsp3) is 0.188. The number of carbonyl (C=O) groups is 2. The summed E-state index contributed by atoms with van der Waals surface area (Å²) in [5.74, 6) is -0.478. The molecule has 0 saturated carbocycles. The van der Waals surface area contributed by atoms with Crippen molar-refractivity contribution in [1.29, 1.82) is 0 Å². The third-order valence-corrected chi connectivity index (χ3v) is 4.37. The van der Waals surface area contributed by atoms with E-state index in [4.69, 9.17) is 0 Å². The summed E-state index contributed by atoms with van der Waals surface area (Å²) in [4.78, 5) is 36.5. The van der Waals surface area contributed by atoms with Crippen molar-refractivity contribution >= 4 is 27.9 Å². The van der Waals surface area contributed by atoms with E-state index in [1.807, 2.05) is 6.07 Å². The molecule has 3 rings (SSSR count). The average Bonchev–Trinajstić information content (AvgIpc) is 2.79. The summed E-state index contributed by atoms with van der Waals surface area (Å²) in [5, 5.41) is 4.94. The molecule has 2 aromatic rings. The minimum Gasteiger partial charge on any atom is -0.318 e. The molecule has 1 aliphatic heterocycles. The first-order valence-electron chi connectivity index (χ1n) is 6.98. The number of nitrogens with zero attached hydrogens (tertiary/aromatic N) is 1. The van der Waals surface area contributed by atoms with Crippen molar-refractivity contribution in [2.45, 2.75) is 19.0 Å². The molecular weight excluding hydrogens is 362 g/mol. The maximum atomic E-state index is 12.5. The van der Waals surface area contributed by atoms with E-state index in [9.17, 15) is 14.4 Å². The molecule has 1 unspecified atom stereocenters. The number of imide groups is 1. The summed E-state index contributed by atoms with van der Waals surface area (Å²) in [6.07, 6.45) is 1.60. The van der Waals surface area contributed by atoms with Gasteiger partial charge in [-0.2, -0.15) is 0 Å². The van der Waals surface area contributed by atoms with Gasteiger partial charge in [0.05, 0.1) is 6.54 Å². The fourth-order valence-corrected chi connectivity index (χ4v) is 3.09. The lowest BCUT2D eigenvalue weighted by Gasteiger charge is -2.27. The molecule has 1 fully saturated rings. The summed E-state index contributed by atoms with van der Waals surface area (Å²) in [6, 6.07) is 9.97. The molecule has 2 N–H and O–H groups in total. The third-order valence-electron chi connectivity index (χ3n) is 3.88. The molecule has 0 bridgehead atoms. The molecule has 1 aromatic carbocycles. The van der Waals surface area contributed by atoms with Crippen molar-refractivity contribution in [2.24, 2.45) is 0 Å². The van der Waals surface area contributed by atoms with Crippen LogP contribution in [-0.4, -0.2) is 16.5 Å². The Balaban J connectivity index is 2.14.